The van der Waals surface area contributed by atoms with E-state index in [1.54, 1.807) is 48.5 Å². The van der Waals surface area contributed by atoms with Gasteiger partial charge in [0.1, 0.15) is 11.5 Å². The Morgan fingerprint density at radius 3 is 1.23 bits per heavy atom. The van der Waals surface area contributed by atoms with Gasteiger partial charge in [-0.1, -0.05) is 0 Å². The first-order chi connectivity index (χ1) is 14.5. The van der Waals surface area contributed by atoms with Gasteiger partial charge in [-0.05, 0) is 48.5 Å². The van der Waals surface area contributed by atoms with Gasteiger partial charge in [-0.2, -0.15) is 0 Å². The fourth-order valence-corrected chi connectivity index (χ4v) is 2.61. The Bertz CT molecular complexity index is 904. The molecule has 0 fully saturated rings. The fraction of sp³-hybridized carbons (Fsp3) is 0.200. The maximum absolute atomic E-state index is 12.4. The summed E-state index contributed by atoms with van der Waals surface area (Å²) in [6, 6.07) is 13.4. The molecule has 3 rings (SSSR count). The molecule has 30 heavy (non-hydrogen) atoms. The summed E-state index contributed by atoms with van der Waals surface area (Å²) in [5.41, 5.74) is 0.937. The number of esters is 2. The molecule has 0 spiro atoms. The molecule has 2 aromatic carbocycles. The van der Waals surface area contributed by atoms with Gasteiger partial charge in [0.25, 0.3) is 11.7 Å². The first kappa shape index (κ1) is 20.6. The van der Waals surface area contributed by atoms with E-state index in [0.717, 1.165) is 0 Å². The zero-order valence-electron chi connectivity index (χ0n) is 16.9. The minimum Gasteiger partial charge on any atom is -0.497 e. The van der Waals surface area contributed by atoms with E-state index in [2.05, 4.69) is 10.2 Å². The van der Waals surface area contributed by atoms with E-state index in [1.165, 1.54) is 38.5 Å². The van der Waals surface area contributed by atoms with Crippen LogP contribution in [0.3, 0.4) is 0 Å². The predicted octanol–water partition coefficient (Wildman–Crippen LogP) is 2.00. The predicted molar refractivity (Wildman–Crippen MR) is 110 cm³/mol. The molecule has 0 unspecified atom stereocenters. The molecule has 0 saturated carbocycles. The third-order valence-corrected chi connectivity index (χ3v) is 4.16. The molecular weight excluding hydrogens is 392 g/mol. The summed E-state index contributed by atoms with van der Waals surface area (Å²) < 4.78 is 20.0. The fourth-order valence-electron chi connectivity index (χ4n) is 2.61. The number of ether oxygens (including phenoxy) is 4. The second-order valence-electron chi connectivity index (χ2n) is 5.85. The summed E-state index contributed by atoms with van der Waals surface area (Å²) in [4.78, 5) is 24.9. The maximum Gasteiger partial charge on any atom is 0.377 e. The van der Waals surface area contributed by atoms with Gasteiger partial charge in [-0.3, -0.25) is 0 Å². The Kier molecular flexibility index (Phi) is 6.16. The van der Waals surface area contributed by atoms with Crippen molar-refractivity contribution in [2.24, 2.45) is 10.2 Å². The van der Waals surface area contributed by atoms with E-state index in [0.29, 0.717) is 22.9 Å². The van der Waals surface area contributed by atoms with Crippen LogP contribution in [-0.4, -0.2) is 52.0 Å². The lowest BCUT2D eigenvalue weighted by Crippen LogP contribution is -2.47. The molecule has 10 nitrogen and oxygen atoms in total. The maximum atomic E-state index is 12.4. The normalized spacial score (nSPS) is 13.2. The third-order valence-electron chi connectivity index (χ3n) is 4.16. The number of carbonyl (C=O) groups excluding carboxylic acids is 2. The van der Waals surface area contributed by atoms with Gasteiger partial charge < -0.3 is 18.9 Å². The highest BCUT2D eigenvalue weighted by molar-refractivity contribution is 6.47. The van der Waals surface area contributed by atoms with Gasteiger partial charge in [-0.15, -0.1) is 10.2 Å². The minimum absolute atomic E-state index is 0.147. The van der Waals surface area contributed by atoms with Crippen LogP contribution in [0.2, 0.25) is 0 Å². The van der Waals surface area contributed by atoms with Crippen LogP contribution in [0.15, 0.2) is 58.7 Å². The number of benzene rings is 2. The highest BCUT2D eigenvalue weighted by Gasteiger charge is 2.34. The number of nitrogens with zero attached hydrogens (tertiary/aromatic N) is 4. The van der Waals surface area contributed by atoms with Crippen molar-refractivity contribution in [1.29, 1.82) is 0 Å². The molecule has 0 N–H and O–H groups in total. The summed E-state index contributed by atoms with van der Waals surface area (Å²) >= 11 is 0. The van der Waals surface area contributed by atoms with Crippen LogP contribution in [0.5, 0.6) is 11.5 Å². The Hall–Kier alpha value is -4.08. The zero-order chi connectivity index (χ0) is 21.7. The van der Waals surface area contributed by atoms with Gasteiger partial charge in [0.2, 0.25) is 0 Å². The zero-order valence-corrected chi connectivity index (χ0v) is 16.9. The molecule has 1 aliphatic rings. The van der Waals surface area contributed by atoms with Crippen molar-refractivity contribution in [3.63, 3.8) is 0 Å². The van der Waals surface area contributed by atoms with Crippen molar-refractivity contribution >= 4 is 35.0 Å². The Morgan fingerprint density at radius 2 is 0.967 bits per heavy atom. The molecule has 1 aliphatic heterocycles. The number of carbonyl (C=O) groups is 2. The van der Waals surface area contributed by atoms with Crippen molar-refractivity contribution in [3.05, 3.63) is 48.5 Å². The summed E-state index contributed by atoms with van der Waals surface area (Å²) in [6.07, 6.45) is 0. The number of hydrogen-bond donors (Lipinski definition) is 0. The largest absolute Gasteiger partial charge is 0.497 e. The summed E-state index contributed by atoms with van der Waals surface area (Å²) in [6.45, 7) is 0. The molecular formula is C20H20N4O6. The van der Waals surface area contributed by atoms with E-state index < -0.39 is 11.9 Å². The second-order valence-corrected chi connectivity index (χ2v) is 5.85. The summed E-state index contributed by atoms with van der Waals surface area (Å²) in [7, 11) is 5.54. The first-order valence-corrected chi connectivity index (χ1v) is 8.74. The molecule has 156 valence electrons. The lowest BCUT2D eigenvalue weighted by atomic mass is 10.2. The van der Waals surface area contributed by atoms with Gasteiger partial charge >= 0.3 is 11.9 Å². The van der Waals surface area contributed by atoms with Crippen molar-refractivity contribution in [1.82, 2.24) is 0 Å². The van der Waals surface area contributed by atoms with E-state index in [4.69, 9.17) is 18.9 Å². The van der Waals surface area contributed by atoms with Gasteiger partial charge in [-0.25, -0.2) is 19.6 Å². The van der Waals surface area contributed by atoms with Crippen LogP contribution >= 0.6 is 0 Å². The minimum atomic E-state index is -0.739. The van der Waals surface area contributed by atoms with Crippen molar-refractivity contribution in [2.45, 2.75) is 0 Å². The summed E-state index contributed by atoms with van der Waals surface area (Å²) in [5.74, 6) is -0.542. The number of anilines is 2. The van der Waals surface area contributed by atoms with Crippen LogP contribution in [0.1, 0.15) is 0 Å². The van der Waals surface area contributed by atoms with Crippen LogP contribution in [0.4, 0.5) is 11.4 Å². The number of rotatable bonds is 6. The van der Waals surface area contributed by atoms with Gasteiger partial charge in [0.05, 0.1) is 39.8 Å². The topological polar surface area (TPSA) is 102 Å². The molecule has 2 aromatic rings. The second kappa shape index (κ2) is 8.95. The van der Waals surface area contributed by atoms with Crippen LogP contribution in [0, 0.1) is 0 Å². The molecule has 0 atom stereocenters. The van der Waals surface area contributed by atoms with Crippen LogP contribution < -0.4 is 19.5 Å². The van der Waals surface area contributed by atoms with Gasteiger partial charge in [0, 0.05) is 0 Å². The molecule has 0 aromatic heterocycles. The standard InChI is InChI=1S/C20H20N4O6/c1-27-15-9-5-13(6-10-15)23-17(19(25)29-3)22-24(18(21-23)20(26)30-4)14-7-11-16(28-2)12-8-14/h5-12H,1-4H3. The molecule has 1 heterocycles. The average Bonchev–Trinajstić information content (AvgIpc) is 2.82. The number of hydrogen-bond acceptors (Lipinski definition) is 10. The smallest absolute Gasteiger partial charge is 0.377 e. The Morgan fingerprint density at radius 1 is 0.633 bits per heavy atom. The Labute approximate surface area is 172 Å². The highest BCUT2D eigenvalue weighted by Crippen LogP contribution is 2.27. The third kappa shape index (κ3) is 4.02. The average molecular weight is 412 g/mol. The lowest BCUT2D eigenvalue weighted by molar-refractivity contribution is -0.134. The molecule has 10 heteroatoms. The van der Waals surface area contributed by atoms with Crippen LogP contribution in [-0.2, 0) is 19.1 Å². The molecule has 0 radical (unpaired) electrons. The molecule has 0 aliphatic carbocycles. The van der Waals surface area contributed by atoms with E-state index in [-0.39, 0.29) is 11.7 Å². The highest BCUT2D eigenvalue weighted by atomic mass is 16.5. The first-order valence-electron chi connectivity index (χ1n) is 8.74. The van der Waals surface area contributed by atoms with E-state index in [1.807, 2.05) is 0 Å². The van der Waals surface area contributed by atoms with Gasteiger partial charge in [0.15, 0.2) is 0 Å². The number of hydrazone groups is 2. The van der Waals surface area contributed by atoms with Crippen molar-refractivity contribution < 1.29 is 28.5 Å². The summed E-state index contributed by atoms with van der Waals surface area (Å²) in [5, 5.41) is 11.1. The lowest BCUT2D eigenvalue weighted by Gasteiger charge is -2.29. The quantitative estimate of drug-likeness (QED) is 0.664. The number of methoxy groups -OCH3 is 4. The van der Waals surface area contributed by atoms with Crippen LogP contribution in [0.25, 0.3) is 0 Å². The Balaban J connectivity index is 2.11. The molecule has 0 bridgehead atoms. The van der Waals surface area contributed by atoms with E-state index in [9.17, 15) is 9.59 Å². The van der Waals surface area contributed by atoms with Crippen molar-refractivity contribution in [3.8, 4) is 11.5 Å². The molecule has 0 amide bonds. The SMILES string of the molecule is COC(=O)C1=NN(c2ccc(OC)cc2)C(C(=O)OC)=NN1c1ccc(OC)cc1. The van der Waals surface area contributed by atoms with E-state index >= 15 is 0 Å². The molecule has 0 saturated heterocycles. The monoisotopic (exact) mass is 412 g/mol. The van der Waals surface area contributed by atoms with Crippen molar-refractivity contribution in [2.75, 3.05) is 38.5 Å². The number of amidine groups is 2.